The van der Waals surface area contributed by atoms with Crippen LogP contribution in [0.2, 0.25) is 0 Å². The molecule has 2 atom stereocenters. The summed E-state index contributed by atoms with van der Waals surface area (Å²) in [6.45, 7) is -3.75. The van der Waals surface area contributed by atoms with Crippen LogP contribution in [0.15, 0.2) is 47.2 Å². The number of pyridine rings is 1. The molecule has 236 valence electrons. The zero-order chi connectivity index (χ0) is 32.1. The highest BCUT2D eigenvalue weighted by Gasteiger charge is 2.42. The van der Waals surface area contributed by atoms with E-state index in [4.69, 9.17) is 4.74 Å². The minimum absolute atomic E-state index is 0.0343. The van der Waals surface area contributed by atoms with Gasteiger partial charge >= 0.3 is 12.2 Å². The fraction of sp³-hybridized carbons (Fsp3) is 0.360. The summed E-state index contributed by atoms with van der Waals surface area (Å²) in [5.41, 5.74) is -0.520. The number of benzene rings is 1. The fourth-order valence-electron chi connectivity index (χ4n) is 4.10. The third-order valence-electron chi connectivity index (χ3n) is 6.07. The molecule has 0 saturated carbocycles. The molecule has 3 aromatic rings. The highest BCUT2D eigenvalue weighted by atomic mass is 19.4. The quantitative estimate of drug-likeness (QED) is 0.270. The van der Waals surface area contributed by atoms with Crippen molar-refractivity contribution in [2.75, 3.05) is 38.7 Å². The molecule has 4 rings (SSSR count). The molecule has 0 unspecified atom stereocenters. The van der Waals surface area contributed by atoms with Crippen LogP contribution in [0, 0.1) is 5.82 Å². The first kappa shape index (κ1) is 32.0. The molecular weight excluding hydrogens is 608 g/mol. The van der Waals surface area contributed by atoms with Gasteiger partial charge in [-0.05, 0) is 45.7 Å². The number of methoxy groups -OCH3 is 1. The van der Waals surface area contributed by atoms with Crippen molar-refractivity contribution in [1.29, 1.82) is 0 Å². The normalized spacial score (nSPS) is 16.1. The van der Waals surface area contributed by atoms with Gasteiger partial charge in [-0.15, -0.1) is 0 Å². The number of aromatic nitrogens is 3. The molecule has 13 nitrogen and oxygen atoms in total. The summed E-state index contributed by atoms with van der Waals surface area (Å²) in [7, 11) is 1.30. The topological polar surface area (TPSA) is 161 Å². The number of hydrogen-bond donors (Lipinski definition) is 3. The molecule has 0 aliphatic carbocycles. The lowest BCUT2D eigenvalue weighted by Gasteiger charge is -2.38. The first-order valence-electron chi connectivity index (χ1n) is 12.5. The van der Waals surface area contributed by atoms with Crippen molar-refractivity contribution >= 4 is 23.7 Å². The Bertz CT molecular complexity index is 1490. The number of carbonyl (C=O) groups excluding carboxylic acids is 3. The molecule has 1 aliphatic heterocycles. The summed E-state index contributed by atoms with van der Waals surface area (Å²) in [6, 6.07) is 3.62. The molecule has 1 aromatic carbocycles. The maximum atomic E-state index is 14.1. The van der Waals surface area contributed by atoms with Crippen LogP contribution in [0.4, 0.5) is 37.0 Å². The van der Waals surface area contributed by atoms with E-state index in [0.29, 0.717) is 0 Å². The summed E-state index contributed by atoms with van der Waals surface area (Å²) in [5, 5.41) is 13.1. The van der Waals surface area contributed by atoms with Crippen LogP contribution >= 0.6 is 0 Å². The van der Waals surface area contributed by atoms with Crippen molar-refractivity contribution in [2.24, 2.45) is 0 Å². The van der Waals surface area contributed by atoms with Gasteiger partial charge in [0.1, 0.15) is 17.7 Å². The van der Waals surface area contributed by atoms with E-state index >= 15 is 0 Å². The highest BCUT2D eigenvalue weighted by Crippen LogP contribution is 2.29. The average molecular weight is 631 g/mol. The first-order valence-corrected chi connectivity index (χ1v) is 12.5. The Hall–Kier alpha value is -4.94. The summed E-state index contributed by atoms with van der Waals surface area (Å²) in [5.74, 6) is -7.13. The van der Waals surface area contributed by atoms with Crippen molar-refractivity contribution in [1.82, 2.24) is 30.8 Å². The molecule has 3 heterocycles. The number of alkyl halides is 5. The molecule has 4 amide bonds. The lowest BCUT2D eigenvalue weighted by atomic mass is 10.0. The zero-order valence-corrected chi connectivity index (χ0v) is 22.5. The number of rotatable bonds is 11. The van der Waals surface area contributed by atoms with Gasteiger partial charge in [-0.25, -0.2) is 27.6 Å². The van der Waals surface area contributed by atoms with E-state index in [1.807, 2.05) is 0 Å². The number of ether oxygens (including phenoxy) is 2. The average Bonchev–Trinajstić information content (AvgIpc) is 3.44. The van der Waals surface area contributed by atoms with Crippen LogP contribution in [-0.2, 0) is 9.53 Å². The monoisotopic (exact) mass is 631 g/mol. The van der Waals surface area contributed by atoms with Crippen LogP contribution in [0.25, 0.3) is 0 Å². The van der Waals surface area contributed by atoms with Crippen molar-refractivity contribution in [2.45, 2.75) is 24.2 Å². The van der Waals surface area contributed by atoms with Gasteiger partial charge in [0, 0.05) is 13.3 Å². The van der Waals surface area contributed by atoms with Gasteiger partial charge in [-0.3, -0.25) is 9.59 Å². The Morgan fingerprint density at radius 2 is 1.89 bits per heavy atom. The van der Waals surface area contributed by atoms with Gasteiger partial charge in [0.05, 0.1) is 25.7 Å². The van der Waals surface area contributed by atoms with Crippen LogP contribution in [-0.4, -0.2) is 83.6 Å². The number of anilines is 1. The molecule has 0 spiro atoms. The summed E-state index contributed by atoms with van der Waals surface area (Å²) in [6.07, 6.45) is -3.55. The predicted octanol–water partition coefficient (Wildman–Crippen LogP) is 3.00. The Labute approximate surface area is 243 Å². The van der Waals surface area contributed by atoms with Gasteiger partial charge in [-0.1, -0.05) is 12.1 Å². The van der Waals surface area contributed by atoms with E-state index in [0.717, 1.165) is 29.2 Å². The van der Waals surface area contributed by atoms with E-state index in [2.05, 4.69) is 40.6 Å². The van der Waals surface area contributed by atoms with Crippen LogP contribution < -0.4 is 20.7 Å². The number of amides is 4. The highest BCUT2D eigenvalue weighted by molar-refractivity contribution is 6.01. The predicted molar refractivity (Wildman–Crippen MR) is 135 cm³/mol. The van der Waals surface area contributed by atoms with E-state index in [1.54, 1.807) is 0 Å². The number of urea groups is 1. The minimum atomic E-state index is -4.77. The van der Waals surface area contributed by atoms with E-state index in [1.165, 1.54) is 25.4 Å². The zero-order valence-electron chi connectivity index (χ0n) is 22.5. The third-order valence-corrected chi connectivity index (χ3v) is 6.07. The smallest absolute Gasteiger partial charge is 0.422 e. The molecule has 3 N–H and O–H groups in total. The molecule has 2 aromatic heterocycles. The Morgan fingerprint density at radius 1 is 1.16 bits per heavy atom. The van der Waals surface area contributed by atoms with Gasteiger partial charge in [0.2, 0.25) is 5.69 Å². The van der Waals surface area contributed by atoms with Crippen LogP contribution in [0.3, 0.4) is 0 Å². The second-order valence-corrected chi connectivity index (χ2v) is 9.36. The molecule has 0 bridgehead atoms. The van der Waals surface area contributed by atoms with Crippen LogP contribution in [0.5, 0.6) is 5.88 Å². The van der Waals surface area contributed by atoms with Gasteiger partial charge in [0.25, 0.3) is 23.6 Å². The molecule has 1 fully saturated rings. The van der Waals surface area contributed by atoms with Crippen molar-refractivity contribution in [3.63, 3.8) is 0 Å². The second kappa shape index (κ2) is 13.1. The number of nitrogens with one attached hydrogen (secondary N) is 3. The molecule has 19 heteroatoms. The van der Waals surface area contributed by atoms with Gasteiger partial charge < -0.3 is 30.3 Å². The SMILES string of the molecule is COC[C@H](c1ccnc(NC(=O)[C@@H](NC(=O)c2nonc2OCC(F)(F)F)c2ccc(F)cc2)c1)N1CC(F)(F)CNC1=O. The van der Waals surface area contributed by atoms with Crippen molar-refractivity contribution in [3.8, 4) is 5.88 Å². The first-order chi connectivity index (χ1) is 20.8. The Morgan fingerprint density at radius 3 is 2.57 bits per heavy atom. The van der Waals surface area contributed by atoms with Crippen LogP contribution in [0.1, 0.15) is 33.7 Å². The molecule has 0 radical (unpaired) electrons. The summed E-state index contributed by atoms with van der Waals surface area (Å²) < 4.78 is 93.4. The number of carbonyl (C=O) groups is 3. The van der Waals surface area contributed by atoms with Crippen molar-refractivity contribution < 1.29 is 54.8 Å². The third kappa shape index (κ3) is 8.12. The molecular formula is C25H23F6N7O6. The fourth-order valence-corrected chi connectivity index (χ4v) is 4.10. The minimum Gasteiger partial charge on any atom is -0.464 e. The summed E-state index contributed by atoms with van der Waals surface area (Å²) in [4.78, 5) is 43.6. The van der Waals surface area contributed by atoms with E-state index < -0.39 is 79.1 Å². The van der Waals surface area contributed by atoms with Gasteiger partial charge in [-0.2, -0.15) is 13.2 Å². The standard InChI is InChI=1S/C25H23F6N7O6/c1-42-9-16(38-11-24(27,28)10-33-23(38)41)14-6-7-32-17(8-14)34-20(39)18(13-2-4-15(26)5-3-13)35-21(40)19-22(37-44-36-19)43-12-25(29,30)31/h2-8,16,18H,9-12H2,1H3,(H,33,41)(H,35,40)(H,32,34,39)/t16-,18+/m1/s1. The lowest BCUT2D eigenvalue weighted by molar-refractivity contribution is -0.154. The van der Waals surface area contributed by atoms with Gasteiger partial charge in [0.15, 0.2) is 6.61 Å². The summed E-state index contributed by atoms with van der Waals surface area (Å²) >= 11 is 0. The second-order valence-electron chi connectivity index (χ2n) is 9.36. The maximum absolute atomic E-state index is 14.1. The largest absolute Gasteiger partial charge is 0.464 e. The number of nitrogens with zero attached hydrogens (tertiary/aromatic N) is 4. The lowest BCUT2D eigenvalue weighted by Crippen LogP contribution is -2.58. The number of hydrogen-bond acceptors (Lipinski definition) is 9. The number of halogens is 6. The van der Waals surface area contributed by atoms with E-state index in [9.17, 15) is 40.7 Å². The molecule has 1 saturated heterocycles. The molecule has 1 aliphatic rings. The Kier molecular flexibility index (Phi) is 9.56. The maximum Gasteiger partial charge on any atom is 0.422 e. The van der Waals surface area contributed by atoms with E-state index in [-0.39, 0.29) is 23.6 Å². The van der Waals surface area contributed by atoms with Crippen molar-refractivity contribution in [3.05, 3.63) is 65.2 Å². The molecule has 44 heavy (non-hydrogen) atoms. The Balaban J connectivity index is 1.58.